The van der Waals surface area contributed by atoms with Gasteiger partial charge in [0, 0.05) is 10.6 Å². The van der Waals surface area contributed by atoms with Crippen LogP contribution in [0.2, 0.25) is 0 Å². The van der Waals surface area contributed by atoms with Gasteiger partial charge in [0.05, 0.1) is 6.10 Å². The highest BCUT2D eigenvalue weighted by molar-refractivity contribution is 7.99. The predicted octanol–water partition coefficient (Wildman–Crippen LogP) is 4.27. The average molecular weight is 276 g/mol. The minimum absolute atomic E-state index is 0.236. The van der Waals surface area contributed by atoms with E-state index >= 15 is 0 Å². The first kappa shape index (κ1) is 14.1. The fourth-order valence-corrected chi connectivity index (χ4v) is 2.94. The Morgan fingerprint density at radius 1 is 1.11 bits per heavy atom. The maximum absolute atomic E-state index is 13.5. The van der Waals surface area contributed by atoms with Crippen molar-refractivity contribution in [3.05, 3.63) is 65.0 Å². The first-order valence-corrected chi connectivity index (χ1v) is 7.18. The number of aryl methyl sites for hydroxylation is 2. The maximum Gasteiger partial charge on any atom is 0.136 e. The Kier molecular flexibility index (Phi) is 4.61. The summed E-state index contributed by atoms with van der Waals surface area (Å²) in [4.78, 5) is 0.575. The van der Waals surface area contributed by atoms with Crippen molar-refractivity contribution in [2.45, 2.75) is 24.8 Å². The van der Waals surface area contributed by atoms with Crippen LogP contribution in [-0.4, -0.2) is 10.9 Å². The van der Waals surface area contributed by atoms with Crippen LogP contribution in [0.1, 0.15) is 22.8 Å². The summed E-state index contributed by atoms with van der Waals surface area (Å²) in [5.41, 5.74) is 3.15. The largest absolute Gasteiger partial charge is 0.388 e. The number of aliphatic hydroxyl groups is 1. The van der Waals surface area contributed by atoms with Gasteiger partial charge in [-0.2, -0.15) is 0 Å². The fraction of sp³-hybridized carbons (Fsp3) is 0.250. The van der Waals surface area contributed by atoms with Crippen LogP contribution in [0.25, 0.3) is 0 Å². The Morgan fingerprint density at radius 3 is 2.37 bits per heavy atom. The SMILES string of the molecule is Cc1cc(C)cc(C(O)CSc2ccccc2F)c1. The second-order valence-electron chi connectivity index (χ2n) is 4.68. The zero-order chi connectivity index (χ0) is 13.8. The highest BCUT2D eigenvalue weighted by Gasteiger charge is 2.10. The molecule has 1 atom stereocenters. The van der Waals surface area contributed by atoms with Crippen molar-refractivity contribution < 1.29 is 9.50 Å². The lowest BCUT2D eigenvalue weighted by molar-refractivity contribution is 0.204. The van der Waals surface area contributed by atoms with E-state index in [1.807, 2.05) is 26.0 Å². The van der Waals surface area contributed by atoms with E-state index < -0.39 is 6.10 Å². The van der Waals surface area contributed by atoms with Gasteiger partial charge in [0.25, 0.3) is 0 Å². The zero-order valence-corrected chi connectivity index (χ0v) is 11.9. The highest BCUT2D eigenvalue weighted by atomic mass is 32.2. The molecule has 1 nitrogen and oxygen atoms in total. The van der Waals surface area contributed by atoms with E-state index in [1.54, 1.807) is 18.2 Å². The van der Waals surface area contributed by atoms with Gasteiger partial charge in [-0.25, -0.2) is 4.39 Å². The lowest BCUT2D eigenvalue weighted by Crippen LogP contribution is -2.02. The number of thioether (sulfide) groups is 1. The van der Waals surface area contributed by atoms with Gasteiger partial charge in [-0.1, -0.05) is 41.5 Å². The normalized spacial score (nSPS) is 12.4. The van der Waals surface area contributed by atoms with Crippen LogP contribution in [0.4, 0.5) is 4.39 Å². The number of aliphatic hydroxyl groups excluding tert-OH is 1. The summed E-state index contributed by atoms with van der Waals surface area (Å²) >= 11 is 1.34. The van der Waals surface area contributed by atoms with Crippen molar-refractivity contribution in [1.82, 2.24) is 0 Å². The number of halogens is 1. The Hall–Kier alpha value is -1.32. The van der Waals surface area contributed by atoms with Crippen molar-refractivity contribution in [3.63, 3.8) is 0 Å². The molecule has 1 unspecified atom stereocenters. The minimum atomic E-state index is -0.580. The highest BCUT2D eigenvalue weighted by Crippen LogP contribution is 2.27. The molecule has 0 heterocycles. The maximum atomic E-state index is 13.5. The Morgan fingerprint density at radius 2 is 1.74 bits per heavy atom. The summed E-state index contributed by atoms with van der Waals surface area (Å²) in [5, 5.41) is 10.2. The molecule has 19 heavy (non-hydrogen) atoms. The molecular formula is C16H17FOS. The fourth-order valence-electron chi connectivity index (χ4n) is 2.03. The quantitative estimate of drug-likeness (QED) is 0.842. The summed E-state index contributed by atoms with van der Waals surface area (Å²) in [6.07, 6.45) is -0.580. The summed E-state index contributed by atoms with van der Waals surface area (Å²) in [6.45, 7) is 4.01. The van der Waals surface area contributed by atoms with E-state index in [9.17, 15) is 9.50 Å². The Bertz CT molecular complexity index is 548. The molecule has 0 saturated carbocycles. The average Bonchev–Trinajstić information content (AvgIpc) is 2.36. The van der Waals surface area contributed by atoms with E-state index in [-0.39, 0.29) is 5.82 Å². The summed E-state index contributed by atoms with van der Waals surface area (Å²) in [6, 6.07) is 12.6. The van der Waals surface area contributed by atoms with E-state index in [2.05, 4.69) is 6.07 Å². The molecule has 0 aromatic heterocycles. The van der Waals surface area contributed by atoms with Gasteiger partial charge in [-0.3, -0.25) is 0 Å². The molecule has 3 heteroatoms. The Balaban J connectivity index is 2.05. The van der Waals surface area contributed by atoms with Gasteiger partial charge < -0.3 is 5.11 Å². The first-order chi connectivity index (χ1) is 9.06. The molecule has 0 amide bonds. The Labute approximate surface area is 117 Å². The third kappa shape index (κ3) is 3.82. The van der Waals surface area contributed by atoms with Crippen LogP contribution in [0.3, 0.4) is 0 Å². The molecule has 0 spiro atoms. The van der Waals surface area contributed by atoms with Crippen LogP contribution >= 0.6 is 11.8 Å². The molecular weight excluding hydrogens is 259 g/mol. The molecule has 0 bridgehead atoms. The molecule has 2 rings (SSSR count). The van der Waals surface area contributed by atoms with Crippen LogP contribution in [-0.2, 0) is 0 Å². The van der Waals surface area contributed by atoms with Gasteiger partial charge in [0.1, 0.15) is 5.82 Å². The summed E-state index contributed by atoms with van der Waals surface area (Å²) in [7, 11) is 0. The van der Waals surface area contributed by atoms with E-state index in [0.717, 1.165) is 16.7 Å². The van der Waals surface area contributed by atoms with Crippen LogP contribution < -0.4 is 0 Å². The molecule has 2 aromatic rings. The van der Waals surface area contributed by atoms with Gasteiger partial charge in [0.15, 0.2) is 0 Å². The molecule has 0 aliphatic heterocycles. The summed E-state index contributed by atoms with van der Waals surface area (Å²) < 4.78 is 13.5. The van der Waals surface area contributed by atoms with Crippen molar-refractivity contribution in [1.29, 1.82) is 0 Å². The predicted molar refractivity (Wildman–Crippen MR) is 78.0 cm³/mol. The standard InChI is InChI=1S/C16H17FOS/c1-11-7-12(2)9-13(8-11)15(18)10-19-16-6-4-3-5-14(16)17/h3-9,15,18H,10H2,1-2H3. The first-order valence-electron chi connectivity index (χ1n) is 6.20. The molecule has 0 aliphatic carbocycles. The molecule has 0 radical (unpaired) electrons. The van der Waals surface area contributed by atoms with Gasteiger partial charge >= 0.3 is 0 Å². The van der Waals surface area contributed by atoms with Gasteiger partial charge in [-0.15, -0.1) is 11.8 Å². The molecule has 2 aromatic carbocycles. The lowest BCUT2D eigenvalue weighted by Gasteiger charge is -2.12. The molecule has 1 N–H and O–H groups in total. The molecule has 0 fully saturated rings. The summed E-state index contributed by atoms with van der Waals surface area (Å²) in [5.74, 6) is 0.212. The van der Waals surface area contributed by atoms with Crippen molar-refractivity contribution in [2.24, 2.45) is 0 Å². The van der Waals surface area contributed by atoms with Crippen LogP contribution in [0.15, 0.2) is 47.4 Å². The molecule has 0 saturated heterocycles. The number of hydrogen-bond donors (Lipinski definition) is 1. The van der Waals surface area contributed by atoms with Gasteiger partial charge in [-0.05, 0) is 31.5 Å². The van der Waals surface area contributed by atoms with Crippen molar-refractivity contribution in [2.75, 3.05) is 5.75 Å². The second-order valence-corrected chi connectivity index (χ2v) is 5.74. The van der Waals surface area contributed by atoms with E-state index in [0.29, 0.717) is 10.6 Å². The number of rotatable bonds is 4. The lowest BCUT2D eigenvalue weighted by atomic mass is 10.0. The van der Waals surface area contributed by atoms with E-state index in [1.165, 1.54) is 17.8 Å². The number of hydrogen-bond acceptors (Lipinski definition) is 2. The molecule has 0 aliphatic rings. The monoisotopic (exact) mass is 276 g/mol. The van der Waals surface area contributed by atoms with Crippen molar-refractivity contribution >= 4 is 11.8 Å². The van der Waals surface area contributed by atoms with E-state index in [4.69, 9.17) is 0 Å². The molecule has 100 valence electrons. The van der Waals surface area contributed by atoms with Gasteiger partial charge in [0.2, 0.25) is 0 Å². The smallest absolute Gasteiger partial charge is 0.136 e. The zero-order valence-electron chi connectivity index (χ0n) is 11.1. The third-order valence-electron chi connectivity index (χ3n) is 2.86. The topological polar surface area (TPSA) is 20.2 Å². The second kappa shape index (κ2) is 6.22. The van der Waals surface area contributed by atoms with Crippen molar-refractivity contribution in [3.8, 4) is 0 Å². The van der Waals surface area contributed by atoms with Crippen LogP contribution in [0, 0.1) is 19.7 Å². The number of benzene rings is 2. The van der Waals surface area contributed by atoms with Crippen LogP contribution in [0.5, 0.6) is 0 Å². The third-order valence-corrected chi connectivity index (χ3v) is 3.99. The minimum Gasteiger partial charge on any atom is -0.388 e.